The molecule has 0 saturated heterocycles. The van der Waals surface area contributed by atoms with Crippen molar-refractivity contribution in [1.82, 2.24) is 5.32 Å². The Labute approximate surface area is 101 Å². The summed E-state index contributed by atoms with van der Waals surface area (Å²) in [6.45, 7) is 3.87. The van der Waals surface area contributed by atoms with Crippen molar-refractivity contribution in [3.05, 3.63) is 24.2 Å². The molecule has 0 aromatic carbocycles. The van der Waals surface area contributed by atoms with Crippen LogP contribution < -0.4 is 5.32 Å². The Morgan fingerprint density at radius 3 is 2.94 bits per heavy atom. The molecule has 0 aliphatic rings. The standard InChI is InChI=1S/C12H21NO4/c1-10(7-14)5-13-6-11(15)8-16-9-12-3-2-4-17-12/h2-4,10-11,13-15H,5-9H2,1H3. The summed E-state index contributed by atoms with van der Waals surface area (Å²) >= 11 is 0. The zero-order chi connectivity index (χ0) is 12.5. The molecule has 1 aromatic heterocycles. The van der Waals surface area contributed by atoms with Crippen LogP contribution in [0.5, 0.6) is 0 Å². The zero-order valence-electron chi connectivity index (χ0n) is 10.1. The van der Waals surface area contributed by atoms with E-state index in [0.29, 0.717) is 19.7 Å². The van der Waals surface area contributed by atoms with Crippen LogP contribution in [0.1, 0.15) is 12.7 Å². The highest BCUT2D eigenvalue weighted by Gasteiger charge is 2.06. The first-order valence-electron chi connectivity index (χ1n) is 5.82. The van der Waals surface area contributed by atoms with Gasteiger partial charge in [0.15, 0.2) is 0 Å². The summed E-state index contributed by atoms with van der Waals surface area (Å²) < 4.78 is 10.4. The number of hydrogen-bond acceptors (Lipinski definition) is 5. The number of furan rings is 1. The van der Waals surface area contributed by atoms with Crippen LogP contribution >= 0.6 is 0 Å². The van der Waals surface area contributed by atoms with Crippen LogP contribution in [0.15, 0.2) is 22.8 Å². The van der Waals surface area contributed by atoms with Crippen molar-refractivity contribution in [2.75, 3.05) is 26.3 Å². The van der Waals surface area contributed by atoms with E-state index in [-0.39, 0.29) is 19.1 Å². The molecule has 2 unspecified atom stereocenters. The minimum atomic E-state index is -0.546. The summed E-state index contributed by atoms with van der Waals surface area (Å²) in [6.07, 6.45) is 1.04. The quantitative estimate of drug-likeness (QED) is 0.584. The second kappa shape index (κ2) is 8.25. The predicted octanol–water partition coefficient (Wildman–Crippen LogP) is 0.375. The molecule has 1 rings (SSSR count). The molecule has 17 heavy (non-hydrogen) atoms. The Bertz CT molecular complexity index is 276. The van der Waals surface area contributed by atoms with Crippen molar-refractivity contribution in [2.45, 2.75) is 19.6 Å². The predicted molar refractivity (Wildman–Crippen MR) is 63.5 cm³/mol. The van der Waals surface area contributed by atoms with Gasteiger partial charge in [-0.15, -0.1) is 0 Å². The fourth-order valence-corrected chi connectivity index (χ4v) is 1.31. The SMILES string of the molecule is CC(CO)CNCC(O)COCc1ccco1. The van der Waals surface area contributed by atoms with Gasteiger partial charge in [0.05, 0.1) is 19.0 Å². The lowest BCUT2D eigenvalue weighted by atomic mass is 10.2. The lowest BCUT2D eigenvalue weighted by Gasteiger charge is -2.13. The van der Waals surface area contributed by atoms with E-state index >= 15 is 0 Å². The molecule has 0 aliphatic heterocycles. The Kier molecular flexibility index (Phi) is 6.88. The average Bonchev–Trinajstić information content (AvgIpc) is 2.82. The molecule has 2 atom stereocenters. The van der Waals surface area contributed by atoms with Crippen molar-refractivity contribution in [3.63, 3.8) is 0 Å². The van der Waals surface area contributed by atoms with Gasteiger partial charge >= 0.3 is 0 Å². The van der Waals surface area contributed by atoms with Gasteiger partial charge in [-0.05, 0) is 24.6 Å². The van der Waals surface area contributed by atoms with Crippen LogP contribution in [-0.4, -0.2) is 42.6 Å². The molecule has 5 nitrogen and oxygen atoms in total. The molecule has 5 heteroatoms. The van der Waals surface area contributed by atoms with Crippen molar-refractivity contribution in [3.8, 4) is 0 Å². The number of ether oxygens (including phenoxy) is 1. The van der Waals surface area contributed by atoms with E-state index in [2.05, 4.69) is 5.32 Å². The maximum Gasteiger partial charge on any atom is 0.129 e. The lowest BCUT2D eigenvalue weighted by Crippen LogP contribution is -2.33. The molecule has 0 spiro atoms. The summed E-state index contributed by atoms with van der Waals surface area (Å²) in [5.41, 5.74) is 0. The van der Waals surface area contributed by atoms with Gasteiger partial charge in [0.1, 0.15) is 12.4 Å². The van der Waals surface area contributed by atoms with Gasteiger partial charge in [-0.25, -0.2) is 0 Å². The van der Waals surface area contributed by atoms with Gasteiger partial charge in [0, 0.05) is 13.2 Å². The second-order valence-corrected chi connectivity index (χ2v) is 4.19. The Morgan fingerprint density at radius 1 is 1.47 bits per heavy atom. The molecule has 0 radical (unpaired) electrons. The van der Waals surface area contributed by atoms with E-state index in [1.807, 2.05) is 13.0 Å². The fraction of sp³-hybridized carbons (Fsp3) is 0.667. The number of aliphatic hydroxyl groups is 2. The zero-order valence-corrected chi connectivity index (χ0v) is 10.1. The molecule has 0 aliphatic carbocycles. The van der Waals surface area contributed by atoms with Crippen molar-refractivity contribution in [2.24, 2.45) is 5.92 Å². The summed E-state index contributed by atoms with van der Waals surface area (Å²) in [4.78, 5) is 0. The number of rotatable bonds is 9. The third-order valence-corrected chi connectivity index (χ3v) is 2.32. The minimum Gasteiger partial charge on any atom is -0.467 e. The lowest BCUT2D eigenvalue weighted by molar-refractivity contribution is 0.0222. The summed E-state index contributed by atoms with van der Waals surface area (Å²) in [6, 6.07) is 3.63. The first kappa shape index (κ1) is 14.2. The number of nitrogens with one attached hydrogen (secondary N) is 1. The molecule has 1 aromatic rings. The monoisotopic (exact) mass is 243 g/mol. The normalized spacial score (nSPS) is 14.8. The van der Waals surface area contributed by atoms with Crippen LogP contribution in [0.4, 0.5) is 0 Å². The molecule has 0 bridgehead atoms. The minimum absolute atomic E-state index is 0.151. The van der Waals surface area contributed by atoms with E-state index < -0.39 is 6.10 Å². The largest absolute Gasteiger partial charge is 0.467 e. The van der Waals surface area contributed by atoms with E-state index in [4.69, 9.17) is 14.3 Å². The first-order valence-corrected chi connectivity index (χ1v) is 5.82. The van der Waals surface area contributed by atoms with Crippen LogP contribution in [-0.2, 0) is 11.3 Å². The highest BCUT2D eigenvalue weighted by Crippen LogP contribution is 2.01. The molecular weight excluding hydrogens is 222 g/mol. The molecule has 0 amide bonds. The summed E-state index contributed by atoms with van der Waals surface area (Å²) in [7, 11) is 0. The number of aliphatic hydroxyl groups excluding tert-OH is 2. The maximum absolute atomic E-state index is 9.58. The molecular formula is C12H21NO4. The van der Waals surface area contributed by atoms with Gasteiger partial charge in [0.25, 0.3) is 0 Å². The van der Waals surface area contributed by atoms with Gasteiger partial charge in [-0.2, -0.15) is 0 Å². The van der Waals surface area contributed by atoms with Gasteiger partial charge in [-0.3, -0.25) is 0 Å². The van der Waals surface area contributed by atoms with Gasteiger partial charge < -0.3 is 24.7 Å². The van der Waals surface area contributed by atoms with Crippen molar-refractivity contribution < 1.29 is 19.4 Å². The van der Waals surface area contributed by atoms with Crippen LogP contribution in [0.3, 0.4) is 0 Å². The van der Waals surface area contributed by atoms with Gasteiger partial charge in [-0.1, -0.05) is 6.92 Å². The number of hydrogen-bond donors (Lipinski definition) is 3. The Hall–Kier alpha value is -0.880. The summed E-state index contributed by atoms with van der Waals surface area (Å²) in [5, 5.41) is 21.5. The average molecular weight is 243 g/mol. The summed E-state index contributed by atoms with van der Waals surface area (Å²) in [5.74, 6) is 0.949. The van der Waals surface area contributed by atoms with Crippen LogP contribution in [0.25, 0.3) is 0 Å². The van der Waals surface area contributed by atoms with Crippen molar-refractivity contribution in [1.29, 1.82) is 0 Å². The van der Waals surface area contributed by atoms with E-state index in [9.17, 15) is 5.11 Å². The molecule has 0 fully saturated rings. The van der Waals surface area contributed by atoms with Crippen LogP contribution in [0, 0.1) is 5.92 Å². The molecule has 3 N–H and O–H groups in total. The first-order chi connectivity index (χ1) is 8.22. The second-order valence-electron chi connectivity index (χ2n) is 4.19. The van der Waals surface area contributed by atoms with Crippen molar-refractivity contribution >= 4 is 0 Å². The Balaban J connectivity index is 1.99. The highest BCUT2D eigenvalue weighted by molar-refractivity contribution is 4.96. The highest BCUT2D eigenvalue weighted by atomic mass is 16.5. The molecule has 98 valence electrons. The topological polar surface area (TPSA) is 74.9 Å². The third kappa shape index (κ3) is 6.43. The van der Waals surface area contributed by atoms with Crippen LogP contribution in [0.2, 0.25) is 0 Å². The fourth-order valence-electron chi connectivity index (χ4n) is 1.31. The van der Waals surface area contributed by atoms with E-state index in [1.165, 1.54) is 0 Å². The Morgan fingerprint density at radius 2 is 2.29 bits per heavy atom. The van der Waals surface area contributed by atoms with E-state index in [0.717, 1.165) is 5.76 Å². The smallest absolute Gasteiger partial charge is 0.129 e. The van der Waals surface area contributed by atoms with Gasteiger partial charge in [0.2, 0.25) is 0 Å². The van der Waals surface area contributed by atoms with E-state index in [1.54, 1.807) is 12.3 Å². The maximum atomic E-state index is 9.58. The molecule has 1 heterocycles. The molecule has 0 saturated carbocycles. The third-order valence-electron chi connectivity index (χ3n) is 2.32.